The van der Waals surface area contributed by atoms with Crippen LogP contribution in [0.4, 0.5) is 0 Å². The van der Waals surface area contributed by atoms with Crippen LogP contribution in [0, 0.1) is 0 Å². The number of rotatable bonds is 15. The first-order chi connectivity index (χ1) is 11.8. The molecule has 3 N–H and O–H groups in total. The van der Waals surface area contributed by atoms with Crippen LogP contribution in [0.1, 0.15) is 59.3 Å². The van der Waals surface area contributed by atoms with Crippen molar-refractivity contribution in [2.45, 2.75) is 75.0 Å². The van der Waals surface area contributed by atoms with E-state index in [1.54, 1.807) is 0 Å². The van der Waals surface area contributed by atoms with Gasteiger partial charge in [-0.25, -0.2) is 0 Å². The number of hydrogen-bond acceptors (Lipinski definition) is 6. The van der Waals surface area contributed by atoms with Crippen LogP contribution in [0.3, 0.4) is 0 Å². The van der Waals surface area contributed by atoms with E-state index in [0.29, 0.717) is 19.3 Å². The van der Waals surface area contributed by atoms with Gasteiger partial charge in [0.05, 0.1) is 0 Å². The first-order valence-electron chi connectivity index (χ1n) is 8.25. The molecule has 0 spiro atoms. The maximum atomic E-state index is 11.5. The second-order valence-corrected chi connectivity index (χ2v) is 26.4. The molecule has 25 heavy (non-hydrogen) atoms. The zero-order valence-corrected chi connectivity index (χ0v) is 19.7. The molecule has 146 valence electrons. The molecule has 0 rings (SSSR count). The number of carbonyl (C=O) groups is 3. The molecule has 3 atom stereocenters. The molecule has 0 heterocycles. The summed E-state index contributed by atoms with van der Waals surface area (Å²) in [5, 5.41) is 26.5. The van der Waals surface area contributed by atoms with Crippen molar-refractivity contribution >= 4 is 60.5 Å². The van der Waals surface area contributed by atoms with E-state index < -0.39 is 49.7 Å². The van der Waals surface area contributed by atoms with Crippen LogP contribution in [0.5, 0.6) is 0 Å². The molecule has 0 bridgehead atoms. The predicted octanol–water partition coefficient (Wildman–Crippen LogP) is 3.93. The normalized spacial score (nSPS) is 14.9. The molecule has 10 heteroatoms. The Morgan fingerprint density at radius 1 is 0.680 bits per heavy atom. The topological polar surface area (TPSA) is 112 Å². The van der Waals surface area contributed by atoms with Gasteiger partial charge in [-0.2, -0.15) is 0 Å². The summed E-state index contributed by atoms with van der Waals surface area (Å²) in [6, 6.07) is 0. The molecule has 0 aromatic carbocycles. The maximum absolute atomic E-state index is 11.5. The summed E-state index contributed by atoms with van der Waals surface area (Å²) < 4.78 is 0. The fraction of sp³-hybridized carbons (Fsp3) is 0.800. The quantitative estimate of drug-likeness (QED) is 0.276. The Balaban J connectivity index is 5.27. The average molecular weight is 521 g/mol. The first kappa shape index (κ1) is 25.3. The second-order valence-electron chi connectivity index (χ2n) is 5.39. The summed E-state index contributed by atoms with van der Waals surface area (Å²) >= 11 is -2.58. The first-order valence-corrected chi connectivity index (χ1v) is 20.1. The zero-order chi connectivity index (χ0) is 19.4. The number of carboxylic acid groups (broad SMARTS) is 3. The van der Waals surface area contributed by atoms with Crippen molar-refractivity contribution in [3.8, 4) is 0 Å². The van der Waals surface area contributed by atoms with E-state index in [-0.39, 0.29) is 0 Å². The molecular weight excluding hydrogens is 494 g/mol. The van der Waals surface area contributed by atoms with Crippen molar-refractivity contribution in [3.63, 3.8) is 0 Å². The fourth-order valence-corrected chi connectivity index (χ4v) is 31.1. The van der Waals surface area contributed by atoms with E-state index in [1.165, 1.54) is 26.5 Å². The van der Waals surface area contributed by atoms with Gasteiger partial charge in [-0.15, -0.1) is 0 Å². The van der Waals surface area contributed by atoms with Gasteiger partial charge in [-0.05, 0) is 0 Å². The standard InChI is InChI=1S/3C5H10O2S.Sb/c3*1-2-3-4(8)5(6)7;/h3*4,8H,2-3H2,1H3,(H,6,7);/q;;;+3/p-3. The van der Waals surface area contributed by atoms with Gasteiger partial charge < -0.3 is 0 Å². The Morgan fingerprint density at radius 3 is 1.08 bits per heavy atom. The SMILES string of the molecule is CCCC([S][Sb]([S]C(CCC)C(=O)O)[S]C(CCC)C(=O)O)C(=O)O. The molecule has 0 radical (unpaired) electrons. The molecule has 0 aliphatic heterocycles. The van der Waals surface area contributed by atoms with Gasteiger partial charge in [-0.1, -0.05) is 0 Å². The van der Waals surface area contributed by atoms with Crippen LogP contribution in [-0.4, -0.2) is 65.0 Å². The third-order valence-electron chi connectivity index (χ3n) is 3.12. The zero-order valence-electron chi connectivity index (χ0n) is 14.7. The molecule has 0 saturated heterocycles. The van der Waals surface area contributed by atoms with E-state index in [9.17, 15) is 29.7 Å². The minimum absolute atomic E-state index is 0.513. The van der Waals surface area contributed by atoms with E-state index in [0.717, 1.165) is 19.3 Å². The molecule has 3 unspecified atom stereocenters. The number of hydrogen-bond donors (Lipinski definition) is 3. The van der Waals surface area contributed by atoms with E-state index in [2.05, 4.69) is 0 Å². The second kappa shape index (κ2) is 14.4. The van der Waals surface area contributed by atoms with Crippen LogP contribution >= 0.6 is 26.5 Å². The van der Waals surface area contributed by atoms with Crippen molar-refractivity contribution in [3.05, 3.63) is 0 Å². The Morgan fingerprint density at radius 2 is 0.920 bits per heavy atom. The summed E-state index contributed by atoms with van der Waals surface area (Å²) in [6.45, 7) is 5.73. The van der Waals surface area contributed by atoms with Gasteiger partial charge in [-0.3, -0.25) is 0 Å². The van der Waals surface area contributed by atoms with Crippen molar-refractivity contribution in [2.24, 2.45) is 0 Å². The Kier molecular flexibility index (Phi) is 14.5. The average Bonchev–Trinajstić information content (AvgIpc) is 2.52. The number of aliphatic carboxylic acids is 3. The predicted molar refractivity (Wildman–Crippen MR) is 108 cm³/mol. The van der Waals surface area contributed by atoms with Crippen molar-refractivity contribution in [1.29, 1.82) is 0 Å². The Labute approximate surface area is 164 Å². The molecular formula is C15H27O6S3Sb. The molecule has 0 aliphatic rings. The van der Waals surface area contributed by atoms with Crippen LogP contribution in [0.2, 0.25) is 0 Å². The summed E-state index contributed by atoms with van der Waals surface area (Å²) in [7, 11) is 4.05. The third kappa shape index (κ3) is 10.9. The molecule has 6 nitrogen and oxygen atoms in total. The Bertz CT molecular complexity index is 376. The van der Waals surface area contributed by atoms with E-state index in [4.69, 9.17) is 0 Å². The van der Waals surface area contributed by atoms with Crippen molar-refractivity contribution in [1.82, 2.24) is 0 Å². The van der Waals surface area contributed by atoms with Crippen LogP contribution in [0.15, 0.2) is 0 Å². The molecule has 0 fully saturated rings. The van der Waals surface area contributed by atoms with Gasteiger partial charge in [0, 0.05) is 0 Å². The Hall–Kier alpha value is 0.278. The van der Waals surface area contributed by atoms with E-state index in [1.807, 2.05) is 20.8 Å². The van der Waals surface area contributed by atoms with Gasteiger partial charge in [0.25, 0.3) is 0 Å². The fourth-order valence-electron chi connectivity index (χ4n) is 1.84. The molecule has 0 aromatic heterocycles. The summed E-state index contributed by atoms with van der Waals surface area (Å²) in [6.07, 6.45) is 3.71. The number of carboxylic acids is 3. The van der Waals surface area contributed by atoms with Crippen LogP contribution in [0.25, 0.3) is 0 Å². The molecule has 0 aliphatic carbocycles. The summed E-state index contributed by atoms with van der Waals surface area (Å²) in [5.74, 6) is -2.69. The van der Waals surface area contributed by atoms with Gasteiger partial charge >= 0.3 is 165 Å². The van der Waals surface area contributed by atoms with Crippen LogP contribution in [-0.2, 0) is 14.4 Å². The third-order valence-corrected chi connectivity index (χ3v) is 27.1. The summed E-state index contributed by atoms with van der Waals surface area (Å²) in [4.78, 5) is 34.4. The van der Waals surface area contributed by atoms with Gasteiger partial charge in [0.1, 0.15) is 0 Å². The molecule has 0 aromatic rings. The van der Waals surface area contributed by atoms with E-state index >= 15 is 0 Å². The monoisotopic (exact) mass is 520 g/mol. The van der Waals surface area contributed by atoms with Crippen molar-refractivity contribution in [2.75, 3.05) is 0 Å². The molecule has 0 saturated carbocycles. The minimum atomic E-state index is -2.58. The van der Waals surface area contributed by atoms with Gasteiger partial charge in [0.15, 0.2) is 0 Å². The summed E-state index contributed by atoms with van der Waals surface area (Å²) in [5.41, 5.74) is 0. The molecule has 0 amide bonds. The van der Waals surface area contributed by atoms with Crippen LogP contribution < -0.4 is 0 Å². The van der Waals surface area contributed by atoms with Gasteiger partial charge in [0.2, 0.25) is 0 Å². The van der Waals surface area contributed by atoms with Crippen molar-refractivity contribution < 1.29 is 29.7 Å².